The number of halogens is 5. The molecule has 5 aromatic rings. The molecule has 0 radical (unpaired) electrons. The normalized spacial score (nSPS) is 11.1. The lowest BCUT2D eigenvalue weighted by atomic mass is 10.1. The summed E-state index contributed by atoms with van der Waals surface area (Å²) in [7, 11) is 0. The quantitative estimate of drug-likeness (QED) is 0.228. The van der Waals surface area contributed by atoms with E-state index in [0.29, 0.717) is 15.6 Å². The number of fused-ring (bicyclic) bond motifs is 1. The summed E-state index contributed by atoms with van der Waals surface area (Å²) < 4.78 is 75.1. The van der Waals surface area contributed by atoms with Crippen LogP contribution in [0.4, 0.5) is 27.9 Å². The summed E-state index contributed by atoms with van der Waals surface area (Å²) in [6.07, 6.45) is 1.03. The zero-order valence-corrected chi connectivity index (χ0v) is 17.9. The molecule has 0 aliphatic heterocycles. The molecular weight excluding hydrogens is 487 g/mol. The summed E-state index contributed by atoms with van der Waals surface area (Å²) in [5.74, 6) is -7.00. The van der Waals surface area contributed by atoms with Crippen molar-refractivity contribution in [3.05, 3.63) is 95.3 Å². The van der Waals surface area contributed by atoms with Gasteiger partial charge in [0.25, 0.3) is 0 Å². The van der Waals surface area contributed by atoms with E-state index in [1.165, 1.54) is 30.3 Å². The number of nitrogen functional groups attached to an aromatic ring is 1. The minimum absolute atomic E-state index is 0.0636. The molecule has 7 nitrogen and oxygen atoms in total. The highest BCUT2D eigenvalue weighted by Gasteiger charge is 2.24. The van der Waals surface area contributed by atoms with Crippen LogP contribution in [0.5, 0.6) is 17.2 Å². The Labute approximate surface area is 198 Å². The third-order valence-electron chi connectivity index (χ3n) is 5.32. The number of nitrogens with zero attached hydrogens (tertiary/aromatic N) is 2. The molecule has 0 atom stereocenters. The average molecular weight is 500 g/mol. The van der Waals surface area contributed by atoms with Gasteiger partial charge in [0.15, 0.2) is 29.0 Å². The number of ether oxygens (including phenoxy) is 1. The Bertz CT molecular complexity index is 1620. The molecule has 0 saturated heterocycles. The van der Waals surface area contributed by atoms with Crippen molar-refractivity contribution < 1.29 is 36.6 Å². The summed E-state index contributed by atoms with van der Waals surface area (Å²) in [4.78, 5) is 19.5. The van der Waals surface area contributed by atoms with Gasteiger partial charge in [0.05, 0.1) is 17.5 Å². The van der Waals surface area contributed by atoms with Crippen molar-refractivity contribution in [3.63, 3.8) is 0 Å². The Kier molecular flexibility index (Phi) is 5.55. The zero-order chi connectivity index (χ0) is 25.6. The predicted molar refractivity (Wildman–Crippen MR) is 118 cm³/mol. The van der Waals surface area contributed by atoms with E-state index in [-0.39, 0.29) is 22.8 Å². The third-order valence-corrected chi connectivity index (χ3v) is 5.32. The van der Waals surface area contributed by atoms with E-state index in [0.717, 1.165) is 30.5 Å². The molecule has 182 valence electrons. The van der Waals surface area contributed by atoms with Crippen LogP contribution >= 0.6 is 0 Å². The third kappa shape index (κ3) is 3.87. The maximum Gasteiger partial charge on any atom is 0.214 e. The van der Waals surface area contributed by atoms with Crippen LogP contribution in [0.3, 0.4) is 0 Å². The van der Waals surface area contributed by atoms with E-state index in [9.17, 15) is 26.9 Å². The fraction of sp³-hybridized carbons (Fsp3) is 0. The first-order valence-electron chi connectivity index (χ1n) is 10.2. The van der Waals surface area contributed by atoms with Crippen LogP contribution in [-0.4, -0.2) is 20.5 Å². The highest BCUT2D eigenvalue weighted by molar-refractivity contribution is 6.12. The molecule has 0 fully saturated rings. The van der Waals surface area contributed by atoms with Crippen LogP contribution in [0, 0.1) is 23.3 Å². The van der Waals surface area contributed by atoms with Crippen molar-refractivity contribution in [2.75, 3.05) is 5.73 Å². The maximum absolute atomic E-state index is 14.9. The SMILES string of the molecule is Nc1c(C(=O)c2cc3cc(OF)ccc3[nH]2)cnn1-c1c(F)cc(Oc2cccc(F)c2F)cc1F. The zero-order valence-electron chi connectivity index (χ0n) is 17.9. The highest BCUT2D eigenvalue weighted by atomic mass is 19.3. The van der Waals surface area contributed by atoms with Crippen molar-refractivity contribution in [2.24, 2.45) is 0 Å². The molecule has 0 saturated carbocycles. The van der Waals surface area contributed by atoms with E-state index < -0.39 is 46.2 Å². The molecule has 0 unspecified atom stereocenters. The summed E-state index contributed by atoms with van der Waals surface area (Å²) in [5, 5.41) is 4.31. The molecular formula is C24H13F5N4O3. The number of rotatable bonds is 6. The standard InChI is InChI=1S/C24H13F5N4O3/c25-15-2-1-3-20(21(15)28)35-13-8-16(26)22(17(27)9-13)33-24(30)14(10-31-33)23(34)19-7-11-6-12(36-29)4-5-18(11)32-19/h1-10,32H,30H2. The molecule has 3 N–H and O–H groups in total. The predicted octanol–water partition coefficient (Wildman–Crippen LogP) is 5.78. The molecule has 0 aliphatic carbocycles. The lowest BCUT2D eigenvalue weighted by Crippen LogP contribution is -2.10. The first-order chi connectivity index (χ1) is 17.3. The van der Waals surface area contributed by atoms with E-state index in [1.54, 1.807) is 0 Å². The largest absolute Gasteiger partial charge is 0.454 e. The van der Waals surface area contributed by atoms with Crippen LogP contribution in [0.1, 0.15) is 16.1 Å². The van der Waals surface area contributed by atoms with Gasteiger partial charge in [0.1, 0.15) is 17.3 Å². The van der Waals surface area contributed by atoms with Crippen molar-refractivity contribution in [3.8, 4) is 22.9 Å². The van der Waals surface area contributed by atoms with E-state index in [4.69, 9.17) is 10.5 Å². The Morgan fingerprint density at radius 1 is 0.944 bits per heavy atom. The van der Waals surface area contributed by atoms with Gasteiger partial charge in [-0.05, 0) is 36.4 Å². The summed E-state index contributed by atoms with van der Waals surface area (Å²) in [5.41, 5.74) is 5.68. The fourth-order valence-electron chi connectivity index (χ4n) is 3.63. The monoisotopic (exact) mass is 500 g/mol. The Balaban J connectivity index is 1.47. The van der Waals surface area contributed by atoms with Crippen LogP contribution < -0.4 is 15.4 Å². The lowest BCUT2D eigenvalue weighted by molar-refractivity contribution is -0.00603. The second-order valence-electron chi connectivity index (χ2n) is 7.58. The number of hydrogen-bond donors (Lipinski definition) is 2. The van der Waals surface area contributed by atoms with E-state index in [1.807, 2.05) is 0 Å². The number of nitrogens with one attached hydrogen (secondary N) is 1. The summed E-state index contributed by atoms with van der Waals surface area (Å²) in [6, 6.07) is 10.2. The molecule has 0 amide bonds. The molecule has 0 spiro atoms. The van der Waals surface area contributed by atoms with Gasteiger partial charge in [-0.15, -0.1) is 0 Å². The minimum atomic E-state index is -1.33. The molecule has 2 heterocycles. The van der Waals surface area contributed by atoms with Crippen molar-refractivity contribution in [1.82, 2.24) is 14.8 Å². The van der Waals surface area contributed by atoms with Gasteiger partial charge >= 0.3 is 0 Å². The van der Waals surface area contributed by atoms with E-state index >= 15 is 0 Å². The smallest absolute Gasteiger partial charge is 0.214 e. The average Bonchev–Trinajstić information content (AvgIpc) is 3.44. The van der Waals surface area contributed by atoms with Crippen molar-refractivity contribution in [1.29, 1.82) is 0 Å². The van der Waals surface area contributed by atoms with Gasteiger partial charge in [0, 0.05) is 27.6 Å². The van der Waals surface area contributed by atoms with Crippen LogP contribution in [0.2, 0.25) is 0 Å². The Morgan fingerprint density at radius 2 is 1.69 bits per heavy atom. The molecule has 0 bridgehead atoms. The first-order valence-corrected chi connectivity index (χ1v) is 10.2. The van der Waals surface area contributed by atoms with Crippen LogP contribution in [0.25, 0.3) is 16.6 Å². The molecule has 3 aromatic carbocycles. The molecule has 36 heavy (non-hydrogen) atoms. The Morgan fingerprint density at radius 3 is 2.42 bits per heavy atom. The maximum atomic E-state index is 14.9. The highest BCUT2D eigenvalue weighted by Crippen LogP contribution is 2.32. The van der Waals surface area contributed by atoms with Gasteiger partial charge in [-0.3, -0.25) is 9.74 Å². The minimum Gasteiger partial charge on any atom is -0.454 e. The van der Waals surface area contributed by atoms with Crippen LogP contribution in [0.15, 0.2) is 60.8 Å². The summed E-state index contributed by atoms with van der Waals surface area (Å²) in [6.45, 7) is 0. The van der Waals surface area contributed by atoms with Gasteiger partial charge in [-0.1, -0.05) is 6.07 Å². The van der Waals surface area contributed by atoms with E-state index in [2.05, 4.69) is 15.0 Å². The number of aromatic amines is 1. The second kappa shape index (κ2) is 8.73. The van der Waals surface area contributed by atoms with Gasteiger partial charge in [-0.25, -0.2) is 17.9 Å². The molecule has 2 aromatic heterocycles. The number of aromatic nitrogens is 3. The van der Waals surface area contributed by atoms with Gasteiger partial charge in [-0.2, -0.15) is 9.49 Å². The molecule has 0 aliphatic rings. The van der Waals surface area contributed by atoms with Gasteiger partial charge in [0.2, 0.25) is 11.6 Å². The fourth-order valence-corrected chi connectivity index (χ4v) is 3.63. The number of hydrogen-bond acceptors (Lipinski definition) is 5. The number of benzene rings is 3. The number of ketones is 1. The number of carbonyl (C=O) groups is 1. The lowest BCUT2D eigenvalue weighted by Gasteiger charge is -2.11. The number of carbonyl (C=O) groups excluding carboxylic acids is 1. The van der Waals surface area contributed by atoms with Crippen molar-refractivity contribution in [2.45, 2.75) is 0 Å². The van der Waals surface area contributed by atoms with Gasteiger partial charge < -0.3 is 15.5 Å². The first kappa shape index (κ1) is 22.9. The summed E-state index contributed by atoms with van der Waals surface area (Å²) >= 11 is 0. The number of H-pyrrole nitrogens is 1. The van der Waals surface area contributed by atoms with Crippen molar-refractivity contribution >= 4 is 22.5 Å². The second-order valence-corrected chi connectivity index (χ2v) is 7.58. The van der Waals surface area contributed by atoms with Crippen LogP contribution in [-0.2, 0) is 0 Å². The number of anilines is 1. The molecule has 12 heteroatoms. The molecule has 5 rings (SSSR count). The Hall–Kier alpha value is -4.87. The topological polar surface area (TPSA) is 95.2 Å². The number of nitrogens with two attached hydrogens (primary N) is 1.